The summed E-state index contributed by atoms with van der Waals surface area (Å²) >= 11 is 0. The van der Waals surface area contributed by atoms with Crippen LogP contribution in [-0.2, 0) is 9.47 Å². The molecule has 1 aliphatic rings. The predicted octanol–water partition coefficient (Wildman–Crippen LogP) is 3.35. The number of benzene rings is 1. The Morgan fingerprint density at radius 3 is 2.44 bits per heavy atom. The summed E-state index contributed by atoms with van der Waals surface area (Å²) in [6.07, 6.45) is 4.19. The first-order valence-electron chi connectivity index (χ1n) is 6.62. The van der Waals surface area contributed by atoms with E-state index in [9.17, 15) is 4.79 Å². The summed E-state index contributed by atoms with van der Waals surface area (Å²) in [6.45, 7) is 3.72. The number of aldehydes is 1. The van der Waals surface area contributed by atoms with Crippen molar-refractivity contribution in [2.45, 2.75) is 32.5 Å². The van der Waals surface area contributed by atoms with E-state index in [4.69, 9.17) is 9.47 Å². The molecule has 1 aromatic rings. The van der Waals surface area contributed by atoms with Crippen LogP contribution in [-0.4, -0.2) is 19.5 Å². The van der Waals surface area contributed by atoms with E-state index in [-0.39, 0.29) is 6.29 Å². The maximum atomic E-state index is 10.6. The molecule has 0 spiro atoms. The Labute approximate surface area is 108 Å². The van der Waals surface area contributed by atoms with Crippen LogP contribution < -0.4 is 0 Å². The van der Waals surface area contributed by atoms with Crippen molar-refractivity contribution in [3.05, 3.63) is 35.4 Å². The summed E-state index contributed by atoms with van der Waals surface area (Å²) < 4.78 is 11.5. The van der Waals surface area contributed by atoms with Crippen LogP contribution in [0.1, 0.15) is 48.4 Å². The maximum absolute atomic E-state index is 10.6. The van der Waals surface area contributed by atoms with E-state index in [2.05, 4.69) is 6.92 Å². The van der Waals surface area contributed by atoms with Crippen molar-refractivity contribution in [1.82, 2.24) is 0 Å². The van der Waals surface area contributed by atoms with Gasteiger partial charge in [-0.15, -0.1) is 0 Å². The molecule has 98 valence electrons. The van der Waals surface area contributed by atoms with E-state index in [1.165, 1.54) is 19.3 Å². The van der Waals surface area contributed by atoms with E-state index >= 15 is 0 Å². The molecule has 0 amide bonds. The van der Waals surface area contributed by atoms with E-state index < -0.39 is 0 Å². The van der Waals surface area contributed by atoms with Crippen LogP contribution in [0.25, 0.3) is 0 Å². The normalized spacial score (nSPS) is 23.8. The Hall–Kier alpha value is -1.19. The van der Waals surface area contributed by atoms with Crippen molar-refractivity contribution in [1.29, 1.82) is 0 Å². The lowest BCUT2D eigenvalue weighted by Crippen LogP contribution is -2.27. The van der Waals surface area contributed by atoms with Gasteiger partial charge in [0, 0.05) is 17.0 Å². The van der Waals surface area contributed by atoms with E-state index in [1.807, 2.05) is 12.1 Å². The van der Waals surface area contributed by atoms with E-state index in [0.717, 1.165) is 25.1 Å². The minimum Gasteiger partial charge on any atom is -0.348 e. The van der Waals surface area contributed by atoms with Crippen molar-refractivity contribution >= 4 is 6.29 Å². The molecule has 2 rings (SSSR count). The summed E-state index contributed by atoms with van der Waals surface area (Å²) in [5.41, 5.74) is 1.66. The average Bonchev–Trinajstić information content (AvgIpc) is 2.46. The SMILES string of the molecule is CCCC[C@H]1CO[C@H](c2ccc(C=O)cc2)OC1. The second kappa shape index (κ2) is 6.66. The van der Waals surface area contributed by atoms with Crippen LogP contribution in [0.5, 0.6) is 0 Å². The van der Waals surface area contributed by atoms with Gasteiger partial charge in [-0.05, 0) is 6.42 Å². The molecule has 3 heteroatoms. The third-order valence-electron chi connectivity index (χ3n) is 3.28. The van der Waals surface area contributed by atoms with Crippen molar-refractivity contribution < 1.29 is 14.3 Å². The van der Waals surface area contributed by atoms with Crippen molar-refractivity contribution in [3.8, 4) is 0 Å². The molecule has 0 saturated carbocycles. The smallest absolute Gasteiger partial charge is 0.183 e. The monoisotopic (exact) mass is 248 g/mol. The van der Waals surface area contributed by atoms with Crippen LogP contribution in [0.15, 0.2) is 24.3 Å². The van der Waals surface area contributed by atoms with Gasteiger partial charge in [0.2, 0.25) is 0 Å². The Morgan fingerprint density at radius 2 is 1.89 bits per heavy atom. The van der Waals surface area contributed by atoms with Gasteiger partial charge < -0.3 is 9.47 Å². The summed E-state index contributed by atoms with van der Waals surface area (Å²) in [5.74, 6) is 0.524. The van der Waals surface area contributed by atoms with Crippen LogP contribution in [0.3, 0.4) is 0 Å². The molecule has 18 heavy (non-hydrogen) atoms. The summed E-state index contributed by atoms with van der Waals surface area (Å²) in [5, 5.41) is 0. The number of hydrogen-bond acceptors (Lipinski definition) is 3. The van der Waals surface area contributed by atoms with Gasteiger partial charge in [0.25, 0.3) is 0 Å². The largest absolute Gasteiger partial charge is 0.348 e. The maximum Gasteiger partial charge on any atom is 0.183 e. The number of rotatable bonds is 5. The molecule has 0 radical (unpaired) electrons. The van der Waals surface area contributed by atoms with Gasteiger partial charge >= 0.3 is 0 Å². The molecule has 0 aliphatic carbocycles. The fraction of sp³-hybridized carbons (Fsp3) is 0.533. The first kappa shape index (κ1) is 13.2. The number of ether oxygens (including phenoxy) is 2. The second-order valence-electron chi connectivity index (χ2n) is 4.79. The Morgan fingerprint density at radius 1 is 1.22 bits per heavy atom. The Bertz CT molecular complexity index is 364. The van der Waals surface area contributed by atoms with E-state index in [0.29, 0.717) is 11.5 Å². The summed E-state index contributed by atoms with van der Waals surface area (Å²) in [6, 6.07) is 7.36. The van der Waals surface area contributed by atoms with Gasteiger partial charge in [0.05, 0.1) is 13.2 Å². The quantitative estimate of drug-likeness (QED) is 0.750. The van der Waals surface area contributed by atoms with Crippen molar-refractivity contribution in [3.63, 3.8) is 0 Å². The molecule has 1 aliphatic heterocycles. The van der Waals surface area contributed by atoms with Gasteiger partial charge in [-0.3, -0.25) is 4.79 Å². The molecule has 1 saturated heterocycles. The van der Waals surface area contributed by atoms with Crippen LogP contribution in [0.2, 0.25) is 0 Å². The average molecular weight is 248 g/mol. The molecular formula is C15H20O3. The molecule has 0 aromatic heterocycles. The second-order valence-corrected chi connectivity index (χ2v) is 4.79. The topological polar surface area (TPSA) is 35.5 Å². The molecule has 1 aromatic carbocycles. The molecule has 1 heterocycles. The van der Waals surface area contributed by atoms with Crippen molar-refractivity contribution in [2.75, 3.05) is 13.2 Å². The fourth-order valence-corrected chi connectivity index (χ4v) is 2.13. The Kier molecular flexibility index (Phi) is 4.90. The first-order chi connectivity index (χ1) is 8.83. The van der Waals surface area contributed by atoms with Crippen molar-refractivity contribution in [2.24, 2.45) is 5.92 Å². The van der Waals surface area contributed by atoms with Crippen LogP contribution in [0, 0.1) is 5.92 Å². The highest BCUT2D eigenvalue weighted by Gasteiger charge is 2.22. The molecule has 0 bridgehead atoms. The molecule has 3 nitrogen and oxygen atoms in total. The van der Waals surface area contributed by atoms with Crippen LogP contribution >= 0.6 is 0 Å². The highest BCUT2D eigenvalue weighted by molar-refractivity contribution is 5.74. The lowest BCUT2D eigenvalue weighted by Gasteiger charge is -2.29. The standard InChI is InChI=1S/C15H20O3/c1-2-3-4-13-10-17-15(18-11-13)14-7-5-12(9-16)6-8-14/h5-9,13,15H,2-4,10-11H2,1H3/t13-,15-. The Balaban J connectivity index is 1.86. The highest BCUT2D eigenvalue weighted by Crippen LogP contribution is 2.27. The lowest BCUT2D eigenvalue weighted by atomic mass is 10.0. The number of carbonyl (C=O) groups excluding carboxylic acids is 1. The molecule has 0 atom stereocenters. The fourth-order valence-electron chi connectivity index (χ4n) is 2.13. The van der Waals surface area contributed by atoms with Gasteiger partial charge in [-0.25, -0.2) is 0 Å². The van der Waals surface area contributed by atoms with Gasteiger partial charge in [0.15, 0.2) is 6.29 Å². The summed E-state index contributed by atoms with van der Waals surface area (Å²) in [4.78, 5) is 10.6. The molecule has 0 N–H and O–H groups in total. The third-order valence-corrected chi connectivity index (χ3v) is 3.28. The minimum absolute atomic E-state index is 0.274. The third kappa shape index (κ3) is 3.40. The van der Waals surface area contributed by atoms with E-state index in [1.54, 1.807) is 12.1 Å². The summed E-state index contributed by atoms with van der Waals surface area (Å²) in [7, 11) is 0. The highest BCUT2D eigenvalue weighted by atomic mass is 16.7. The zero-order valence-electron chi connectivity index (χ0n) is 10.8. The number of unbranched alkanes of at least 4 members (excludes halogenated alkanes) is 1. The predicted molar refractivity (Wildman–Crippen MR) is 69.5 cm³/mol. The zero-order valence-corrected chi connectivity index (χ0v) is 10.8. The van der Waals surface area contributed by atoms with Gasteiger partial charge in [0.1, 0.15) is 6.29 Å². The van der Waals surface area contributed by atoms with Gasteiger partial charge in [-0.1, -0.05) is 44.0 Å². The first-order valence-corrected chi connectivity index (χ1v) is 6.62. The lowest BCUT2D eigenvalue weighted by molar-refractivity contribution is -0.206. The van der Waals surface area contributed by atoms with Crippen LogP contribution in [0.4, 0.5) is 0 Å². The molecule has 1 fully saturated rings. The number of hydrogen-bond donors (Lipinski definition) is 0. The minimum atomic E-state index is -0.274. The molecular weight excluding hydrogens is 228 g/mol. The molecule has 0 unspecified atom stereocenters. The van der Waals surface area contributed by atoms with Gasteiger partial charge in [-0.2, -0.15) is 0 Å². The zero-order chi connectivity index (χ0) is 12.8. The number of carbonyl (C=O) groups is 1.